The highest BCUT2D eigenvalue weighted by Crippen LogP contribution is 2.31. The van der Waals surface area contributed by atoms with Crippen molar-refractivity contribution >= 4 is 38.3 Å². The standard InChI is InChI=1S/C22H22ClNO5S/c1-14-19-11-16(23)5-8-20(19)29-21(14)22(25)24(17-9-10-30(26,27)13-17)12-15-3-6-18(28-2)7-4-15/h3-8,11,17H,9-10,12-13H2,1-2H3. The molecule has 0 N–H and O–H groups in total. The number of hydrogen-bond donors (Lipinski definition) is 0. The Bertz CT molecular complexity index is 1200. The minimum absolute atomic E-state index is 0.0417. The van der Waals surface area contributed by atoms with Gasteiger partial charge in [0.1, 0.15) is 11.3 Å². The first-order valence-electron chi connectivity index (χ1n) is 9.60. The van der Waals surface area contributed by atoms with E-state index in [1.807, 2.05) is 31.2 Å². The first kappa shape index (κ1) is 20.8. The van der Waals surface area contributed by atoms with E-state index in [1.54, 1.807) is 30.2 Å². The van der Waals surface area contributed by atoms with E-state index in [9.17, 15) is 13.2 Å². The zero-order valence-corrected chi connectivity index (χ0v) is 18.3. The van der Waals surface area contributed by atoms with E-state index in [0.29, 0.717) is 28.3 Å². The molecule has 8 heteroatoms. The number of rotatable bonds is 5. The Hall–Kier alpha value is -2.51. The van der Waals surface area contributed by atoms with E-state index in [2.05, 4.69) is 0 Å². The lowest BCUT2D eigenvalue weighted by molar-refractivity contribution is 0.0649. The van der Waals surface area contributed by atoms with Crippen molar-refractivity contribution < 1.29 is 22.4 Å². The number of fused-ring (bicyclic) bond motifs is 1. The molecule has 0 radical (unpaired) electrons. The van der Waals surface area contributed by atoms with Crippen LogP contribution in [-0.2, 0) is 16.4 Å². The number of amides is 1. The SMILES string of the molecule is COc1ccc(CN(C(=O)c2oc3ccc(Cl)cc3c2C)C2CCS(=O)(=O)C2)cc1. The molecule has 1 aliphatic heterocycles. The van der Waals surface area contributed by atoms with Crippen LogP contribution in [0.3, 0.4) is 0 Å². The second-order valence-corrected chi connectivity index (χ2v) is 10.2. The lowest BCUT2D eigenvalue weighted by atomic mass is 10.1. The van der Waals surface area contributed by atoms with Gasteiger partial charge in [0.15, 0.2) is 15.6 Å². The normalized spacial score (nSPS) is 17.9. The number of nitrogens with zero attached hydrogens (tertiary/aromatic N) is 1. The predicted molar refractivity (Wildman–Crippen MR) is 116 cm³/mol. The largest absolute Gasteiger partial charge is 0.497 e. The van der Waals surface area contributed by atoms with Crippen LogP contribution in [0.5, 0.6) is 5.75 Å². The van der Waals surface area contributed by atoms with Crippen molar-refractivity contribution in [2.75, 3.05) is 18.6 Å². The van der Waals surface area contributed by atoms with Gasteiger partial charge in [0.2, 0.25) is 0 Å². The highest BCUT2D eigenvalue weighted by molar-refractivity contribution is 7.91. The summed E-state index contributed by atoms with van der Waals surface area (Å²) in [5, 5.41) is 1.33. The van der Waals surface area contributed by atoms with Gasteiger partial charge in [-0.25, -0.2) is 8.42 Å². The Labute approximate surface area is 180 Å². The molecular formula is C22H22ClNO5S. The van der Waals surface area contributed by atoms with Crippen LogP contribution >= 0.6 is 11.6 Å². The Balaban J connectivity index is 1.71. The van der Waals surface area contributed by atoms with Gasteiger partial charge in [0.05, 0.1) is 18.6 Å². The van der Waals surface area contributed by atoms with Crippen molar-refractivity contribution in [1.29, 1.82) is 0 Å². The van der Waals surface area contributed by atoms with E-state index in [4.69, 9.17) is 20.8 Å². The summed E-state index contributed by atoms with van der Waals surface area (Å²) in [5.41, 5.74) is 2.15. The number of benzene rings is 2. The Morgan fingerprint density at radius 1 is 1.23 bits per heavy atom. The zero-order valence-electron chi connectivity index (χ0n) is 16.7. The lowest BCUT2D eigenvalue weighted by Gasteiger charge is -2.28. The first-order chi connectivity index (χ1) is 14.3. The zero-order chi connectivity index (χ0) is 21.5. The number of carbonyl (C=O) groups excluding carboxylic acids is 1. The van der Waals surface area contributed by atoms with Gasteiger partial charge >= 0.3 is 0 Å². The molecule has 2 aromatic carbocycles. The number of methoxy groups -OCH3 is 1. The number of halogens is 1. The van der Waals surface area contributed by atoms with Gasteiger partial charge in [-0.2, -0.15) is 0 Å². The molecule has 0 spiro atoms. The van der Waals surface area contributed by atoms with E-state index >= 15 is 0 Å². The van der Waals surface area contributed by atoms with Crippen LogP contribution in [0.25, 0.3) is 11.0 Å². The topological polar surface area (TPSA) is 76.8 Å². The summed E-state index contributed by atoms with van der Waals surface area (Å²) in [6.07, 6.45) is 0.412. The van der Waals surface area contributed by atoms with Crippen molar-refractivity contribution in [1.82, 2.24) is 4.90 Å². The van der Waals surface area contributed by atoms with Gasteiger partial charge in [-0.1, -0.05) is 23.7 Å². The van der Waals surface area contributed by atoms with Gasteiger partial charge in [-0.3, -0.25) is 4.79 Å². The number of ether oxygens (including phenoxy) is 1. The smallest absolute Gasteiger partial charge is 0.290 e. The van der Waals surface area contributed by atoms with Crippen molar-refractivity contribution in [3.63, 3.8) is 0 Å². The summed E-state index contributed by atoms with van der Waals surface area (Å²) >= 11 is 6.10. The highest BCUT2D eigenvalue weighted by atomic mass is 35.5. The molecule has 4 rings (SSSR count). The van der Waals surface area contributed by atoms with Crippen LogP contribution in [0.2, 0.25) is 5.02 Å². The fourth-order valence-corrected chi connectivity index (χ4v) is 5.75. The Morgan fingerprint density at radius 2 is 1.97 bits per heavy atom. The van der Waals surface area contributed by atoms with Crippen molar-refractivity contribution in [2.45, 2.75) is 25.9 Å². The highest BCUT2D eigenvalue weighted by Gasteiger charge is 2.36. The summed E-state index contributed by atoms with van der Waals surface area (Å²) in [6, 6.07) is 12.2. The van der Waals surface area contributed by atoms with Crippen LogP contribution < -0.4 is 4.74 Å². The maximum atomic E-state index is 13.5. The predicted octanol–water partition coefficient (Wildman–Crippen LogP) is 4.23. The lowest BCUT2D eigenvalue weighted by Crippen LogP contribution is -2.40. The summed E-state index contributed by atoms with van der Waals surface area (Å²) < 4.78 is 35.2. The molecule has 1 unspecified atom stereocenters. The number of aryl methyl sites for hydroxylation is 1. The second-order valence-electron chi connectivity index (χ2n) is 7.53. The van der Waals surface area contributed by atoms with Crippen LogP contribution in [-0.4, -0.2) is 43.9 Å². The third-order valence-corrected chi connectivity index (χ3v) is 7.50. The molecule has 3 aromatic rings. The third kappa shape index (κ3) is 4.04. The minimum Gasteiger partial charge on any atom is -0.497 e. The molecule has 1 amide bonds. The average molecular weight is 448 g/mol. The van der Waals surface area contributed by atoms with Crippen LogP contribution in [0.4, 0.5) is 0 Å². The number of carbonyl (C=O) groups is 1. The molecule has 0 aliphatic carbocycles. The van der Waals surface area contributed by atoms with Crippen molar-refractivity contribution in [3.8, 4) is 5.75 Å². The molecule has 1 fully saturated rings. The van der Waals surface area contributed by atoms with Crippen LogP contribution in [0, 0.1) is 6.92 Å². The molecule has 0 bridgehead atoms. The maximum absolute atomic E-state index is 13.5. The monoisotopic (exact) mass is 447 g/mol. The molecule has 6 nitrogen and oxygen atoms in total. The van der Waals surface area contributed by atoms with Gasteiger partial charge in [0, 0.05) is 28.6 Å². The molecule has 0 saturated carbocycles. The number of furan rings is 1. The second kappa shape index (κ2) is 7.96. The van der Waals surface area contributed by atoms with E-state index in [1.165, 1.54) is 0 Å². The summed E-state index contributed by atoms with van der Waals surface area (Å²) in [4.78, 5) is 15.1. The molecule has 30 heavy (non-hydrogen) atoms. The van der Waals surface area contributed by atoms with Gasteiger partial charge < -0.3 is 14.1 Å². The van der Waals surface area contributed by atoms with E-state index < -0.39 is 15.9 Å². The van der Waals surface area contributed by atoms with E-state index in [-0.39, 0.29) is 29.7 Å². The summed E-state index contributed by atoms with van der Waals surface area (Å²) in [6.45, 7) is 2.09. The fourth-order valence-electron chi connectivity index (χ4n) is 3.84. The Morgan fingerprint density at radius 3 is 2.60 bits per heavy atom. The van der Waals surface area contributed by atoms with Gasteiger partial charge in [-0.15, -0.1) is 0 Å². The van der Waals surface area contributed by atoms with Crippen molar-refractivity contribution in [3.05, 3.63) is 64.4 Å². The van der Waals surface area contributed by atoms with Gasteiger partial charge in [0.25, 0.3) is 5.91 Å². The van der Waals surface area contributed by atoms with Crippen molar-refractivity contribution in [2.24, 2.45) is 0 Å². The molecule has 158 valence electrons. The van der Waals surface area contributed by atoms with Crippen LogP contribution in [0.15, 0.2) is 46.9 Å². The third-order valence-electron chi connectivity index (χ3n) is 5.51. The summed E-state index contributed by atoms with van der Waals surface area (Å²) in [7, 11) is -1.57. The number of sulfone groups is 1. The fraction of sp³-hybridized carbons (Fsp3) is 0.318. The van der Waals surface area contributed by atoms with Gasteiger partial charge in [-0.05, 0) is 49.2 Å². The molecule has 2 heterocycles. The summed E-state index contributed by atoms with van der Waals surface area (Å²) in [5.74, 6) is 0.645. The average Bonchev–Trinajstić information content (AvgIpc) is 3.25. The molecule has 1 aliphatic rings. The van der Waals surface area contributed by atoms with E-state index in [0.717, 1.165) is 10.9 Å². The molecular weight excluding hydrogens is 426 g/mol. The molecule has 1 aromatic heterocycles. The molecule has 1 saturated heterocycles. The quantitative estimate of drug-likeness (QED) is 0.584. The molecule has 1 atom stereocenters. The minimum atomic E-state index is -3.16. The first-order valence-corrected chi connectivity index (χ1v) is 11.8. The van der Waals surface area contributed by atoms with Crippen LogP contribution in [0.1, 0.15) is 28.1 Å². The maximum Gasteiger partial charge on any atom is 0.290 e. The Kier molecular flexibility index (Phi) is 5.51. The number of hydrogen-bond acceptors (Lipinski definition) is 5.